The minimum absolute atomic E-state index is 0.0152. The molecule has 0 bridgehead atoms. The van der Waals surface area contributed by atoms with Gasteiger partial charge < -0.3 is 9.47 Å². The fourth-order valence-electron chi connectivity index (χ4n) is 2.53. The van der Waals surface area contributed by atoms with Gasteiger partial charge in [0.25, 0.3) is 0 Å². The number of ether oxygens (including phenoxy) is 2. The highest BCUT2D eigenvalue weighted by atomic mass is 16.6. The van der Waals surface area contributed by atoms with E-state index in [4.69, 9.17) is 9.47 Å². The largest absolute Gasteiger partial charge is 0.444 e. The number of hydrogen-bond donors (Lipinski definition) is 0. The Morgan fingerprint density at radius 3 is 2.65 bits per heavy atom. The maximum absolute atomic E-state index is 12.2. The third-order valence-corrected chi connectivity index (χ3v) is 3.66. The van der Waals surface area contributed by atoms with E-state index in [1.165, 1.54) is 4.90 Å². The van der Waals surface area contributed by atoms with Crippen molar-refractivity contribution in [1.82, 2.24) is 4.90 Å². The third kappa shape index (κ3) is 5.26. The number of piperidine rings is 1. The van der Waals surface area contributed by atoms with Crippen LogP contribution in [-0.4, -0.2) is 35.3 Å². The molecule has 23 heavy (non-hydrogen) atoms. The summed E-state index contributed by atoms with van der Waals surface area (Å²) in [6.45, 7) is 6.47. The van der Waals surface area contributed by atoms with E-state index in [2.05, 4.69) is 6.07 Å². The maximum atomic E-state index is 12.2. The zero-order valence-electron chi connectivity index (χ0n) is 14.0. The van der Waals surface area contributed by atoms with Gasteiger partial charge in [0.2, 0.25) is 0 Å². The van der Waals surface area contributed by atoms with Crippen LogP contribution in [0.4, 0.5) is 4.79 Å². The molecule has 1 heterocycles. The van der Waals surface area contributed by atoms with Crippen LogP contribution in [-0.2, 0) is 16.1 Å². The average Bonchev–Trinajstić information content (AvgIpc) is 2.52. The Morgan fingerprint density at radius 2 is 2.04 bits per heavy atom. The number of benzene rings is 1. The molecule has 0 N–H and O–H groups in total. The van der Waals surface area contributed by atoms with Gasteiger partial charge in [-0.15, -0.1) is 0 Å². The van der Waals surface area contributed by atoms with E-state index in [0.717, 1.165) is 5.56 Å². The quantitative estimate of drug-likeness (QED) is 0.856. The van der Waals surface area contributed by atoms with Crippen LogP contribution in [0.3, 0.4) is 0 Å². The lowest BCUT2D eigenvalue weighted by atomic mass is 10.0. The SMILES string of the molecule is CC(C)(C)OC(=O)N1CC[C@@H](OCc2ccccc2)C[C@H]1C#N. The van der Waals surface area contributed by atoms with Crippen molar-refractivity contribution in [2.45, 2.75) is 58.0 Å². The molecular formula is C18H24N2O3. The summed E-state index contributed by atoms with van der Waals surface area (Å²) in [7, 11) is 0. The van der Waals surface area contributed by atoms with Crippen LogP contribution in [0.1, 0.15) is 39.2 Å². The van der Waals surface area contributed by atoms with Crippen LogP contribution in [0.2, 0.25) is 0 Å². The predicted octanol–water partition coefficient (Wildman–Crippen LogP) is 3.49. The standard InChI is InChI=1S/C18H24N2O3/c1-18(2,3)23-17(21)20-10-9-16(11-15(20)12-19)22-13-14-7-5-4-6-8-14/h4-8,15-16H,9-11,13H2,1-3H3/t15-,16+/m0/s1. The van der Waals surface area contributed by atoms with Gasteiger partial charge in [-0.3, -0.25) is 4.90 Å². The van der Waals surface area contributed by atoms with Gasteiger partial charge in [-0.2, -0.15) is 5.26 Å². The maximum Gasteiger partial charge on any atom is 0.411 e. The van der Waals surface area contributed by atoms with E-state index in [-0.39, 0.29) is 6.10 Å². The molecule has 0 aromatic heterocycles. The molecule has 1 saturated heterocycles. The molecule has 1 amide bonds. The van der Waals surface area contributed by atoms with Gasteiger partial charge in [-0.05, 0) is 32.8 Å². The van der Waals surface area contributed by atoms with Crippen molar-refractivity contribution in [3.63, 3.8) is 0 Å². The Hall–Kier alpha value is -2.06. The second-order valence-corrected chi connectivity index (χ2v) is 6.76. The zero-order chi connectivity index (χ0) is 16.9. The number of nitrogens with zero attached hydrogens (tertiary/aromatic N) is 2. The smallest absolute Gasteiger partial charge is 0.411 e. The normalized spacial score (nSPS) is 21.6. The van der Waals surface area contributed by atoms with Gasteiger partial charge in [0.05, 0.1) is 18.8 Å². The molecule has 0 spiro atoms. The molecular weight excluding hydrogens is 292 g/mol. The van der Waals surface area contributed by atoms with Gasteiger partial charge in [0.1, 0.15) is 11.6 Å². The van der Waals surface area contributed by atoms with Crippen LogP contribution < -0.4 is 0 Å². The summed E-state index contributed by atoms with van der Waals surface area (Å²) in [4.78, 5) is 13.7. The van der Waals surface area contributed by atoms with Crippen molar-refractivity contribution in [1.29, 1.82) is 5.26 Å². The van der Waals surface area contributed by atoms with Crippen LogP contribution in [0.15, 0.2) is 30.3 Å². The highest BCUT2D eigenvalue weighted by Crippen LogP contribution is 2.23. The summed E-state index contributed by atoms with van der Waals surface area (Å²) >= 11 is 0. The number of carbonyl (C=O) groups excluding carboxylic acids is 1. The molecule has 1 aliphatic rings. The molecule has 124 valence electrons. The highest BCUT2D eigenvalue weighted by Gasteiger charge is 2.34. The lowest BCUT2D eigenvalue weighted by Crippen LogP contribution is -2.49. The number of amides is 1. The highest BCUT2D eigenvalue weighted by molar-refractivity contribution is 5.69. The van der Waals surface area contributed by atoms with E-state index in [1.807, 2.05) is 51.1 Å². The molecule has 0 unspecified atom stereocenters. The number of nitriles is 1. The second-order valence-electron chi connectivity index (χ2n) is 6.76. The van der Waals surface area contributed by atoms with Crippen molar-refractivity contribution in [2.24, 2.45) is 0 Å². The van der Waals surface area contributed by atoms with Crippen LogP contribution in [0.25, 0.3) is 0 Å². The second kappa shape index (κ2) is 7.47. The summed E-state index contributed by atoms with van der Waals surface area (Å²) in [5, 5.41) is 9.36. The number of carbonyl (C=O) groups is 1. The fourth-order valence-corrected chi connectivity index (χ4v) is 2.53. The first-order valence-electron chi connectivity index (χ1n) is 7.94. The minimum atomic E-state index is -0.558. The summed E-state index contributed by atoms with van der Waals surface area (Å²) in [6.07, 6.45) is 0.788. The lowest BCUT2D eigenvalue weighted by molar-refractivity contribution is -0.0273. The summed E-state index contributed by atoms with van der Waals surface area (Å²) in [5.41, 5.74) is 0.549. The van der Waals surface area contributed by atoms with Crippen LogP contribution >= 0.6 is 0 Å². The molecule has 2 rings (SSSR count). The molecule has 1 aliphatic heterocycles. The van der Waals surface area contributed by atoms with E-state index in [1.54, 1.807) is 0 Å². The topological polar surface area (TPSA) is 62.6 Å². The Labute approximate surface area is 137 Å². The molecule has 1 aromatic carbocycles. The summed E-state index contributed by atoms with van der Waals surface area (Å²) < 4.78 is 11.3. The van der Waals surface area contributed by atoms with Crippen molar-refractivity contribution in [3.05, 3.63) is 35.9 Å². The first kappa shape index (κ1) is 17.3. The molecule has 1 fully saturated rings. The van der Waals surface area contributed by atoms with E-state index < -0.39 is 17.7 Å². The van der Waals surface area contributed by atoms with Crippen LogP contribution in [0, 0.1) is 11.3 Å². The monoisotopic (exact) mass is 316 g/mol. The fraction of sp³-hybridized carbons (Fsp3) is 0.556. The van der Waals surface area contributed by atoms with Crippen molar-refractivity contribution >= 4 is 6.09 Å². The van der Waals surface area contributed by atoms with Crippen molar-refractivity contribution < 1.29 is 14.3 Å². The zero-order valence-corrected chi connectivity index (χ0v) is 14.0. The third-order valence-electron chi connectivity index (χ3n) is 3.66. The van der Waals surface area contributed by atoms with Gasteiger partial charge in [0.15, 0.2) is 0 Å². The molecule has 0 saturated carbocycles. The number of rotatable bonds is 3. The predicted molar refractivity (Wildman–Crippen MR) is 86.6 cm³/mol. The van der Waals surface area contributed by atoms with Gasteiger partial charge >= 0.3 is 6.09 Å². The lowest BCUT2D eigenvalue weighted by Gasteiger charge is -2.36. The number of hydrogen-bond acceptors (Lipinski definition) is 4. The Kier molecular flexibility index (Phi) is 5.62. The Balaban J connectivity index is 1.89. The number of likely N-dealkylation sites (tertiary alicyclic amines) is 1. The Bertz CT molecular complexity index is 560. The average molecular weight is 316 g/mol. The molecule has 1 aromatic rings. The van der Waals surface area contributed by atoms with E-state index in [0.29, 0.717) is 26.0 Å². The molecule has 0 radical (unpaired) electrons. The van der Waals surface area contributed by atoms with Gasteiger partial charge in [0, 0.05) is 13.0 Å². The summed E-state index contributed by atoms with van der Waals surface area (Å²) in [5.74, 6) is 0. The van der Waals surface area contributed by atoms with E-state index >= 15 is 0 Å². The molecule has 0 aliphatic carbocycles. The molecule has 5 nitrogen and oxygen atoms in total. The van der Waals surface area contributed by atoms with E-state index in [9.17, 15) is 10.1 Å². The summed E-state index contributed by atoms with van der Waals surface area (Å²) in [6, 6.07) is 11.6. The van der Waals surface area contributed by atoms with Crippen molar-refractivity contribution in [3.8, 4) is 6.07 Å². The molecule has 5 heteroatoms. The van der Waals surface area contributed by atoms with Crippen LogP contribution in [0.5, 0.6) is 0 Å². The first-order chi connectivity index (χ1) is 10.9. The Morgan fingerprint density at radius 1 is 1.35 bits per heavy atom. The first-order valence-corrected chi connectivity index (χ1v) is 7.94. The van der Waals surface area contributed by atoms with Gasteiger partial charge in [-0.25, -0.2) is 4.79 Å². The van der Waals surface area contributed by atoms with Gasteiger partial charge in [-0.1, -0.05) is 30.3 Å². The van der Waals surface area contributed by atoms with Crippen molar-refractivity contribution in [2.75, 3.05) is 6.54 Å². The molecule has 2 atom stereocenters. The minimum Gasteiger partial charge on any atom is -0.444 e.